The van der Waals surface area contributed by atoms with Gasteiger partial charge in [0.05, 0.1) is 0 Å². The van der Waals surface area contributed by atoms with E-state index in [4.69, 9.17) is 4.74 Å². The lowest BCUT2D eigenvalue weighted by Gasteiger charge is -2.38. The van der Waals surface area contributed by atoms with Crippen LogP contribution in [0.2, 0.25) is 0 Å². The van der Waals surface area contributed by atoms with Crippen LogP contribution in [0.4, 0.5) is 4.79 Å². The number of nitrogens with zero attached hydrogens (tertiary/aromatic N) is 1. The zero-order valence-corrected chi connectivity index (χ0v) is 13.8. The number of likely N-dealkylation sites (tertiary alicyclic amines) is 1. The number of ketones is 1. The summed E-state index contributed by atoms with van der Waals surface area (Å²) in [6.45, 7) is 8.22. The van der Waals surface area contributed by atoms with Crippen molar-refractivity contribution in [2.75, 3.05) is 13.1 Å². The quantitative estimate of drug-likeness (QED) is 0.838. The first kappa shape index (κ1) is 16.5. The first-order valence-electron chi connectivity index (χ1n) is 7.81. The lowest BCUT2D eigenvalue weighted by molar-refractivity contribution is -0.122. The van der Waals surface area contributed by atoms with Gasteiger partial charge in [-0.2, -0.15) is 0 Å². The van der Waals surface area contributed by atoms with E-state index in [0.29, 0.717) is 13.1 Å². The lowest BCUT2D eigenvalue weighted by atomic mass is 9.78. The van der Waals surface area contributed by atoms with E-state index < -0.39 is 5.60 Å². The van der Waals surface area contributed by atoms with Crippen LogP contribution in [0.5, 0.6) is 0 Å². The molecule has 0 saturated carbocycles. The molecule has 0 N–H and O–H groups in total. The second kappa shape index (κ2) is 6.51. The summed E-state index contributed by atoms with van der Waals surface area (Å²) in [6.07, 6.45) is 0.457. The molecule has 0 aliphatic carbocycles. The van der Waals surface area contributed by atoms with E-state index in [1.54, 1.807) is 11.8 Å². The molecule has 22 heavy (non-hydrogen) atoms. The first-order chi connectivity index (χ1) is 10.3. The number of Topliss-reactive ketones (excluding diaryl/α,β-unsaturated/α-hetero) is 1. The number of carbonyl (C=O) groups excluding carboxylic acids is 2. The molecule has 1 heterocycles. The predicted octanol–water partition coefficient (Wildman–Crippen LogP) is 3.62. The Labute approximate surface area is 132 Å². The molecule has 1 amide bonds. The van der Waals surface area contributed by atoms with Gasteiger partial charge in [-0.1, -0.05) is 30.3 Å². The molecule has 2 atom stereocenters. The van der Waals surface area contributed by atoms with Crippen LogP contribution >= 0.6 is 0 Å². The van der Waals surface area contributed by atoms with Gasteiger partial charge in [-0.3, -0.25) is 4.79 Å². The first-order valence-corrected chi connectivity index (χ1v) is 7.81. The molecule has 1 aromatic carbocycles. The molecule has 0 bridgehead atoms. The van der Waals surface area contributed by atoms with Gasteiger partial charge in [0.25, 0.3) is 0 Å². The fraction of sp³-hybridized carbons (Fsp3) is 0.556. The maximum atomic E-state index is 12.2. The van der Waals surface area contributed by atoms with Gasteiger partial charge in [0.2, 0.25) is 0 Å². The van der Waals surface area contributed by atoms with E-state index in [1.165, 1.54) is 5.56 Å². The van der Waals surface area contributed by atoms with E-state index in [0.717, 1.165) is 6.42 Å². The number of amides is 1. The van der Waals surface area contributed by atoms with Crippen molar-refractivity contribution in [1.82, 2.24) is 4.90 Å². The minimum Gasteiger partial charge on any atom is -0.444 e. The monoisotopic (exact) mass is 303 g/mol. The number of ether oxygens (including phenoxy) is 1. The number of carbonyl (C=O) groups is 2. The van der Waals surface area contributed by atoms with Crippen LogP contribution in [0.3, 0.4) is 0 Å². The Bertz CT molecular complexity index is 533. The van der Waals surface area contributed by atoms with E-state index >= 15 is 0 Å². The average molecular weight is 303 g/mol. The molecule has 1 aliphatic heterocycles. The van der Waals surface area contributed by atoms with Crippen molar-refractivity contribution in [3.05, 3.63) is 35.9 Å². The van der Waals surface area contributed by atoms with Crippen LogP contribution in [0.15, 0.2) is 30.3 Å². The van der Waals surface area contributed by atoms with E-state index in [9.17, 15) is 9.59 Å². The van der Waals surface area contributed by atoms with Crippen LogP contribution in [-0.2, 0) is 9.53 Å². The molecule has 4 heteroatoms. The zero-order chi connectivity index (χ0) is 16.3. The van der Waals surface area contributed by atoms with Crippen molar-refractivity contribution in [1.29, 1.82) is 0 Å². The summed E-state index contributed by atoms with van der Waals surface area (Å²) in [5.41, 5.74) is 0.658. The fourth-order valence-electron chi connectivity index (χ4n) is 2.96. The van der Waals surface area contributed by atoms with Gasteiger partial charge in [-0.25, -0.2) is 4.79 Å². The molecule has 0 spiro atoms. The Kier molecular flexibility index (Phi) is 4.89. The summed E-state index contributed by atoms with van der Waals surface area (Å²) in [6, 6.07) is 10.1. The molecular weight excluding hydrogens is 278 g/mol. The van der Waals surface area contributed by atoms with Crippen LogP contribution < -0.4 is 0 Å². The summed E-state index contributed by atoms with van der Waals surface area (Å²) in [5, 5.41) is 0. The van der Waals surface area contributed by atoms with Gasteiger partial charge < -0.3 is 9.64 Å². The number of benzene rings is 1. The third kappa shape index (κ3) is 4.09. The van der Waals surface area contributed by atoms with Crippen molar-refractivity contribution >= 4 is 11.9 Å². The van der Waals surface area contributed by atoms with Crippen molar-refractivity contribution < 1.29 is 14.3 Å². The van der Waals surface area contributed by atoms with Gasteiger partial charge in [0.15, 0.2) is 0 Å². The van der Waals surface area contributed by atoms with E-state index in [2.05, 4.69) is 12.1 Å². The summed E-state index contributed by atoms with van der Waals surface area (Å²) >= 11 is 0. The lowest BCUT2D eigenvalue weighted by Crippen LogP contribution is -2.47. The molecule has 1 aliphatic rings. The van der Waals surface area contributed by atoms with Gasteiger partial charge in [-0.15, -0.1) is 0 Å². The predicted molar refractivity (Wildman–Crippen MR) is 85.8 cm³/mol. The fourth-order valence-corrected chi connectivity index (χ4v) is 2.96. The van der Waals surface area contributed by atoms with Crippen LogP contribution in [0, 0.1) is 5.92 Å². The highest BCUT2D eigenvalue weighted by atomic mass is 16.6. The second-order valence-corrected chi connectivity index (χ2v) is 6.95. The Morgan fingerprint density at radius 1 is 1.18 bits per heavy atom. The van der Waals surface area contributed by atoms with E-state index in [1.807, 2.05) is 39.0 Å². The van der Waals surface area contributed by atoms with Crippen molar-refractivity contribution in [3.8, 4) is 0 Å². The molecule has 0 unspecified atom stereocenters. The summed E-state index contributed by atoms with van der Waals surface area (Å²) < 4.78 is 5.42. The standard InChI is InChI=1S/C18H25NO3/c1-13(20)16-12-19(17(21)22-18(2,3)4)11-10-15(16)14-8-6-5-7-9-14/h5-9,15-16H,10-12H2,1-4H3/t15-,16+/m0/s1. The van der Waals surface area contributed by atoms with Gasteiger partial charge in [-0.05, 0) is 45.6 Å². The van der Waals surface area contributed by atoms with Gasteiger partial charge >= 0.3 is 6.09 Å². The maximum absolute atomic E-state index is 12.2. The molecule has 0 aromatic heterocycles. The highest BCUT2D eigenvalue weighted by molar-refractivity contribution is 5.81. The van der Waals surface area contributed by atoms with Crippen LogP contribution in [-0.4, -0.2) is 35.5 Å². The van der Waals surface area contributed by atoms with Crippen LogP contribution in [0.25, 0.3) is 0 Å². The molecule has 120 valence electrons. The highest BCUT2D eigenvalue weighted by Crippen LogP contribution is 2.34. The second-order valence-electron chi connectivity index (χ2n) is 6.95. The molecule has 1 fully saturated rings. The number of rotatable bonds is 2. The molecule has 1 saturated heterocycles. The topological polar surface area (TPSA) is 46.6 Å². The smallest absolute Gasteiger partial charge is 0.410 e. The Balaban J connectivity index is 2.12. The van der Waals surface area contributed by atoms with Crippen molar-refractivity contribution in [3.63, 3.8) is 0 Å². The molecule has 0 radical (unpaired) electrons. The maximum Gasteiger partial charge on any atom is 0.410 e. The largest absolute Gasteiger partial charge is 0.444 e. The summed E-state index contributed by atoms with van der Waals surface area (Å²) in [7, 11) is 0. The van der Waals surface area contributed by atoms with Crippen molar-refractivity contribution in [2.45, 2.75) is 45.6 Å². The Hall–Kier alpha value is -1.84. The SMILES string of the molecule is CC(=O)[C@H]1CN(C(=O)OC(C)(C)C)CC[C@H]1c1ccccc1. The van der Waals surface area contributed by atoms with Crippen LogP contribution in [0.1, 0.15) is 45.6 Å². The van der Waals surface area contributed by atoms with E-state index in [-0.39, 0.29) is 23.7 Å². The minimum absolute atomic E-state index is 0.127. The highest BCUT2D eigenvalue weighted by Gasteiger charge is 2.36. The Morgan fingerprint density at radius 3 is 2.36 bits per heavy atom. The summed E-state index contributed by atoms with van der Waals surface area (Å²) in [4.78, 5) is 25.9. The molecule has 1 aromatic rings. The molecule has 2 rings (SSSR count). The zero-order valence-electron chi connectivity index (χ0n) is 13.8. The third-order valence-electron chi connectivity index (χ3n) is 4.01. The number of piperidine rings is 1. The van der Waals surface area contributed by atoms with Crippen molar-refractivity contribution in [2.24, 2.45) is 5.92 Å². The number of hydrogen-bond donors (Lipinski definition) is 0. The normalized spacial score (nSPS) is 22.3. The summed E-state index contributed by atoms with van der Waals surface area (Å²) in [5.74, 6) is 0.142. The molecule has 4 nitrogen and oxygen atoms in total. The van der Waals surface area contributed by atoms with Gasteiger partial charge in [0, 0.05) is 19.0 Å². The average Bonchev–Trinajstić information content (AvgIpc) is 2.45. The number of hydrogen-bond acceptors (Lipinski definition) is 3. The Morgan fingerprint density at radius 2 is 1.82 bits per heavy atom. The minimum atomic E-state index is -0.515. The third-order valence-corrected chi connectivity index (χ3v) is 4.01. The molecular formula is C18H25NO3. The van der Waals surface area contributed by atoms with Gasteiger partial charge in [0.1, 0.15) is 11.4 Å².